The second-order valence-corrected chi connectivity index (χ2v) is 2.45. The van der Waals surface area contributed by atoms with Crippen LogP contribution >= 0.6 is 15.9 Å². The fraction of sp³-hybridized carbons (Fsp3) is 0.429. The molecule has 2 heteroatoms. The van der Waals surface area contributed by atoms with Gasteiger partial charge in [0.15, 0.2) is 0 Å². The molecule has 0 aromatic carbocycles. The van der Waals surface area contributed by atoms with Crippen LogP contribution in [0.4, 0.5) is 4.39 Å². The number of rotatable bonds is 2. The van der Waals surface area contributed by atoms with Crippen LogP contribution in [0.25, 0.3) is 0 Å². The van der Waals surface area contributed by atoms with Gasteiger partial charge in [-0.1, -0.05) is 19.1 Å². The Balaban J connectivity index is 4.03. The van der Waals surface area contributed by atoms with Crippen LogP contribution < -0.4 is 0 Å². The zero-order chi connectivity index (χ0) is 7.28. The van der Waals surface area contributed by atoms with Crippen molar-refractivity contribution in [3.8, 4) is 0 Å². The van der Waals surface area contributed by atoms with Crippen LogP contribution in [-0.4, -0.2) is 0 Å². The summed E-state index contributed by atoms with van der Waals surface area (Å²) < 4.78 is 13.0. The van der Waals surface area contributed by atoms with E-state index in [-0.39, 0.29) is 5.83 Å². The van der Waals surface area contributed by atoms with Crippen LogP contribution in [0.15, 0.2) is 22.5 Å². The average molecular weight is 193 g/mol. The molecule has 0 saturated heterocycles. The van der Waals surface area contributed by atoms with E-state index < -0.39 is 0 Å². The van der Waals surface area contributed by atoms with E-state index in [4.69, 9.17) is 0 Å². The van der Waals surface area contributed by atoms with Gasteiger partial charge in [0.05, 0.1) is 0 Å². The van der Waals surface area contributed by atoms with Gasteiger partial charge in [0, 0.05) is 4.48 Å². The van der Waals surface area contributed by atoms with Crippen molar-refractivity contribution in [2.45, 2.75) is 20.3 Å². The fourth-order valence-corrected chi connectivity index (χ4v) is 0.967. The predicted octanol–water partition coefficient (Wildman–Crippen LogP) is 3.55. The third-order valence-electron chi connectivity index (χ3n) is 0.865. The molecule has 0 aliphatic heterocycles. The molecule has 0 atom stereocenters. The van der Waals surface area contributed by atoms with E-state index in [1.807, 2.05) is 6.92 Å². The topological polar surface area (TPSA) is 0 Å². The van der Waals surface area contributed by atoms with E-state index >= 15 is 0 Å². The Morgan fingerprint density at radius 3 is 2.56 bits per heavy atom. The normalized spacial score (nSPS) is 14.2. The second kappa shape index (κ2) is 4.74. The van der Waals surface area contributed by atoms with Crippen LogP contribution in [0.2, 0.25) is 0 Å². The molecule has 0 radical (unpaired) electrons. The zero-order valence-electron chi connectivity index (χ0n) is 5.62. The summed E-state index contributed by atoms with van der Waals surface area (Å²) in [4.78, 5) is 0. The Bertz CT molecular complexity index is 136. The molecule has 0 spiro atoms. The Morgan fingerprint density at radius 1 is 1.67 bits per heavy atom. The minimum atomic E-state index is -0.197. The molecule has 9 heavy (non-hydrogen) atoms. The van der Waals surface area contributed by atoms with Gasteiger partial charge in [-0.15, -0.1) is 0 Å². The van der Waals surface area contributed by atoms with Crippen molar-refractivity contribution in [3.05, 3.63) is 22.5 Å². The smallest absolute Gasteiger partial charge is 0.132 e. The molecule has 0 amide bonds. The van der Waals surface area contributed by atoms with Crippen molar-refractivity contribution in [2.24, 2.45) is 0 Å². The van der Waals surface area contributed by atoms with Gasteiger partial charge in [-0.05, 0) is 29.3 Å². The summed E-state index contributed by atoms with van der Waals surface area (Å²) in [5, 5.41) is 0. The molecular formula is C7H10BrF. The summed E-state index contributed by atoms with van der Waals surface area (Å²) in [5.74, 6) is -0.197. The zero-order valence-corrected chi connectivity index (χ0v) is 7.20. The van der Waals surface area contributed by atoms with E-state index in [1.165, 1.54) is 6.08 Å². The van der Waals surface area contributed by atoms with Gasteiger partial charge in [0.25, 0.3) is 0 Å². The van der Waals surface area contributed by atoms with Crippen LogP contribution in [0, 0.1) is 0 Å². The van der Waals surface area contributed by atoms with Crippen molar-refractivity contribution in [1.82, 2.24) is 0 Å². The maximum absolute atomic E-state index is 12.5. The molecule has 0 nitrogen and oxygen atoms in total. The predicted molar refractivity (Wildman–Crippen MR) is 42.2 cm³/mol. The Hall–Kier alpha value is -0.110. The molecule has 52 valence electrons. The highest BCUT2D eigenvalue weighted by molar-refractivity contribution is 9.11. The van der Waals surface area contributed by atoms with Gasteiger partial charge in [-0.3, -0.25) is 0 Å². The van der Waals surface area contributed by atoms with Gasteiger partial charge < -0.3 is 0 Å². The van der Waals surface area contributed by atoms with Crippen molar-refractivity contribution >= 4 is 15.9 Å². The summed E-state index contributed by atoms with van der Waals surface area (Å²) in [6.07, 6.45) is 4.06. The van der Waals surface area contributed by atoms with E-state index in [1.54, 1.807) is 13.0 Å². The van der Waals surface area contributed by atoms with Gasteiger partial charge in [0.2, 0.25) is 0 Å². The summed E-state index contributed by atoms with van der Waals surface area (Å²) in [6, 6.07) is 0. The van der Waals surface area contributed by atoms with Gasteiger partial charge in [0.1, 0.15) is 5.83 Å². The SMILES string of the molecule is C/C=C(F)\C(Br)=C/CC. The summed E-state index contributed by atoms with van der Waals surface area (Å²) >= 11 is 3.08. The molecule has 0 aromatic heterocycles. The molecule has 0 rings (SSSR count). The third kappa shape index (κ3) is 3.46. The van der Waals surface area contributed by atoms with Gasteiger partial charge >= 0.3 is 0 Å². The Morgan fingerprint density at radius 2 is 2.22 bits per heavy atom. The highest BCUT2D eigenvalue weighted by Gasteiger charge is 1.94. The van der Waals surface area contributed by atoms with Gasteiger partial charge in [-0.25, -0.2) is 4.39 Å². The number of hydrogen-bond donors (Lipinski definition) is 0. The summed E-state index contributed by atoms with van der Waals surface area (Å²) in [6.45, 7) is 3.63. The highest BCUT2D eigenvalue weighted by atomic mass is 79.9. The molecule has 0 heterocycles. The van der Waals surface area contributed by atoms with Gasteiger partial charge in [-0.2, -0.15) is 0 Å². The lowest BCUT2D eigenvalue weighted by molar-refractivity contribution is 0.661. The molecule has 0 aromatic rings. The maximum Gasteiger partial charge on any atom is 0.132 e. The molecule has 0 aliphatic rings. The summed E-state index contributed by atoms with van der Waals surface area (Å²) in [5.41, 5.74) is 0. The number of halogens is 2. The first-order chi connectivity index (χ1) is 4.22. The van der Waals surface area contributed by atoms with Crippen molar-refractivity contribution in [1.29, 1.82) is 0 Å². The third-order valence-corrected chi connectivity index (χ3v) is 1.57. The first-order valence-electron chi connectivity index (χ1n) is 2.90. The van der Waals surface area contributed by atoms with Crippen LogP contribution in [-0.2, 0) is 0 Å². The maximum atomic E-state index is 12.5. The summed E-state index contributed by atoms with van der Waals surface area (Å²) in [7, 11) is 0. The van der Waals surface area contributed by atoms with Crippen LogP contribution in [0.3, 0.4) is 0 Å². The largest absolute Gasteiger partial charge is 0.206 e. The quantitative estimate of drug-likeness (QED) is 0.588. The van der Waals surface area contributed by atoms with Crippen molar-refractivity contribution in [2.75, 3.05) is 0 Å². The number of hydrogen-bond acceptors (Lipinski definition) is 0. The average Bonchev–Trinajstić information content (AvgIpc) is 1.87. The molecule has 0 saturated carbocycles. The molecule has 0 bridgehead atoms. The fourth-order valence-electron chi connectivity index (χ4n) is 0.415. The van der Waals surface area contributed by atoms with Crippen LogP contribution in [0.1, 0.15) is 20.3 Å². The van der Waals surface area contributed by atoms with E-state index in [9.17, 15) is 4.39 Å². The second-order valence-electron chi connectivity index (χ2n) is 1.60. The highest BCUT2D eigenvalue weighted by Crippen LogP contribution is 2.18. The lowest BCUT2D eigenvalue weighted by Crippen LogP contribution is -1.70. The lowest BCUT2D eigenvalue weighted by Gasteiger charge is -1.90. The monoisotopic (exact) mass is 192 g/mol. The lowest BCUT2D eigenvalue weighted by atomic mass is 10.4. The first-order valence-corrected chi connectivity index (χ1v) is 3.69. The minimum absolute atomic E-state index is 0.197. The Kier molecular flexibility index (Phi) is 4.68. The molecule has 0 unspecified atom stereocenters. The Labute approximate surface area is 63.6 Å². The molecular weight excluding hydrogens is 183 g/mol. The van der Waals surface area contributed by atoms with E-state index in [0.29, 0.717) is 4.48 Å². The first kappa shape index (κ1) is 8.89. The molecule has 0 aliphatic carbocycles. The number of allylic oxidation sites excluding steroid dienone is 4. The minimum Gasteiger partial charge on any atom is -0.206 e. The standard InChI is InChI=1S/C7H10BrF/c1-3-5-6(8)7(9)4-2/h4-5H,3H2,1-2H3/b6-5+,7-4+. The van der Waals surface area contributed by atoms with Crippen molar-refractivity contribution < 1.29 is 4.39 Å². The molecule has 0 N–H and O–H groups in total. The van der Waals surface area contributed by atoms with E-state index in [2.05, 4.69) is 15.9 Å². The van der Waals surface area contributed by atoms with E-state index in [0.717, 1.165) is 6.42 Å². The molecule has 0 fully saturated rings. The van der Waals surface area contributed by atoms with Crippen LogP contribution in [0.5, 0.6) is 0 Å². The van der Waals surface area contributed by atoms with Crippen molar-refractivity contribution in [3.63, 3.8) is 0 Å².